The van der Waals surface area contributed by atoms with Crippen LogP contribution < -0.4 is 5.32 Å². The monoisotopic (exact) mass is 388 g/mol. The Morgan fingerprint density at radius 2 is 2.00 bits per heavy atom. The molecule has 1 amide bonds. The minimum atomic E-state index is -4.50. The summed E-state index contributed by atoms with van der Waals surface area (Å²) < 4.78 is 40.2. The first-order valence-corrected chi connectivity index (χ1v) is 8.21. The van der Waals surface area contributed by atoms with Crippen LogP contribution >= 0.6 is 11.6 Å². The van der Waals surface area contributed by atoms with E-state index in [-0.39, 0.29) is 17.3 Å². The topological polar surface area (TPSA) is 50.2 Å². The Balaban J connectivity index is 2.04. The summed E-state index contributed by atoms with van der Waals surface area (Å²) in [6.07, 6.45) is -4.50. The van der Waals surface area contributed by atoms with E-state index in [1.807, 2.05) is 20.9 Å². The maximum Gasteiger partial charge on any atom is 0.416 e. The summed E-state index contributed by atoms with van der Waals surface area (Å²) >= 11 is 5.89. The molecule has 0 fully saturated rings. The average Bonchev–Trinajstić information content (AvgIpc) is 2.74. The van der Waals surface area contributed by atoms with Crippen LogP contribution in [0.2, 0.25) is 5.02 Å². The summed E-state index contributed by atoms with van der Waals surface area (Å²) in [4.78, 5) is 13.9. The molecule has 1 N–H and O–H groups in total. The zero-order valence-corrected chi connectivity index (χ0v) is 15.7. The number of aromatic nitrogens is 2. The summed E-state index contributed by atoms with van der Waals surface area (Å²) in [5.41, 5.74) is 1.95. The van der Waals surface area contributed by atoms with Crippen molar-refractivity contribution in [1.82, 2.24) is 14.7 Å². The number of rotatable bonds is 5. The van der Waals surface area contributed by atoms with Crippen LogP contribution in [-0.2, 0) is 24.6 Å². The number of carbonyl (C=O) groups excluding carboxylic acids is 1. The van der Waals surface area contributed by atoms with E-state index in [4.69, 9.17) is 11.6 Å². The number of anilines is 1. The van der Waals surface area contributed by atoms with Gasteiger partial charge in [-0.3, -0.25) is 14.4 Å². The van der Waals surface area contributed by atoms with Gasteiger partial charge in [0.15, 0.2) is 0 Å². The van der Waals surface area contributed by atoms with Crippen LogP contribution in [-0.4, -0.2) is 34.2 Å². The third-order valence-electron chi connectivity index (χ3n) is 4.07. The lowest BCUT2D eigenvalue weighted by Gasteiger charge is -2.17. The standard InChI is InChI=1S/C17H20ClF3N4O/c1-10-13(11(2)25(4)23-10)8-24(3)9-16(26)22-15-7-12(17(19,20)21)5-6-14(15)18/h5-7H,8-9H2,1-4H3,(H,22,26). The highest BCUT2D eigenvalue weighted by Gasteiger charge is 2.31. The molecule has 1 aromatic heterocycles. The molecule has 0 atom stereocenters. The molecule has 0 aliphatic carbocycles. The fraction of sp³-hybridized carbons (Fsp3) is 0.412. The smallest absolute Gasteiger partial charge is 0.324 e. The number of amides is 1. The molecule has 9 heteroatoms. The first-order valence-electron chi connectivity index (χ1n) is 7.83. The van der Waals surface area contributed by atoms with Crippen molar-refractivity contribution in [1.29, 1.82) is 0 Å². The summed E-state index contributed by atoms with van der Waals surface area (Å²) in [6, 6.07) is 2.82. The van der Waals surface area contributed by atoms with Crippen LogP contribution in [0.4, 0.5) is 18.9 Å². The van der Waals surface area contributed by atoms with Gasteiger partial charge in [-0.2, -0.15) is 18.3 Å². The van der Waals surface area contributed by atoms with E-state index in [1.165, 1.54) is 0 Å². The van der Waals surface area contributed by atoms with Crippen molar-refractivity contribution in [3.63, 3.8) is 0 Å². The molecule has 0 aliphatic heterocycles. The van der Waals surface area contributed by atoms with Gasteiger partial charge in [0.1, 0.15) is 0 Å². The molecule has 1 aromatic carbocycles. The van der Waals surface area contributed by atoms with E-state index in [0.717, 1.165) is 35.2 Å². The quantitative estimate of drug-likeness (QED) is 0.848. The van der Waals surface area contributed by atoms with Crippen molar-refractivity contribution in [2.45, 2.75) is 26.6 Å². The van der Waals surface area contributed by atoms with Crippen molar-refractivity contribution in [2.75, 3.05) is 18.9 Å². The van der Waals surface area contributed by atoms with Gasteiger partial charge >= 0.3 is 6.18 Å². The molecule has 1 heterocycles. The molecule has 26 heavy (non-hydrogen) atoms. The van der Waals surface area contributed by atoms with Crippen LogP contribution in [0.3, 0.4) is 0 Å². The van der Waals surface area contributed by atoms with Crippen LogP contribution in [0.25, 0.3) is 0 Å². The van der Waals surface area contributed by atoms with Gasteiger partial charge < -0.3 is 5.32 Å². The van der Waals surface area contributed by atoms with Gasteiger partial charge in [0.2, 0.25) is 5.91 Å². The van der Waals surface area contributed by atoms with Gasteiger partial charge in [-0.05, 0) is 39.1 Å². The molecule has 2 rings (SSSR count). The molecule has 142 valence electrons. The SMILES string of the molecule is Cc1nn(C)c(C)c1CN(C)CC(=O)Nc1cc(C(F)(F)F)ccc1Cl. The second kappa shape index (κ2) is 7.67. The Hall–Kier alpha value is -2.06. The molecular formula is C17H20ClF3N4O. The lowest BCUT2D eigenvalue weighted by Crippen LogP contribution is -2.30. The number of halogens is 4. The van der Waals surface area contributed by atoms with Gasteiger partial charge in [-0.1, -0.05) is 11.6 Å². The Kier molecular flexibility index (Phi) is 5.98. The lowest BCUT2D eigenvalue weighted by molar-refractivity contribution is -0.137. The Labute approximate surface area is 154 Å². The van der Waals surface area contributed by atoms with E-state index in [2.05, 4.69) is 10.4 Å². The molecule has 0 aliphatic rings. The highest BCUT2D eigenvalue weighted by Crippen LogP contribution is 2.33. The van der Waals surface area contributed by atoms with E-state index < -0.39 is 17.6 Å². The molecular weight excluding hydrogens is 369 g/mol. The van der Waals surface area contributed by atoms with Crippen molar-refractivity contribution in [2.24, 2.45) is 7.05 Å². The number of carbonyl (C=O) groups is 1. The van der Waals surface area contributed by atoms with Crippen LogP contribution in [0.1, 0.15) is 22.5 Å². The highest BCUT2D eigenvalue weighted by atomic mass is 35.5. The fourth-order valence-corrected chi connectivity index (χ4v) is 2.77. The number of hydrogen-bond acceptors (Lipinski definition) is 3. The molecule has 0 saturated carbocycles. The van der Waals surface area contributed by atoms with E-state index >= 15 is 0 Å². The normalized spacial score (nSPS) is 11.9. The molecule has 0 saturated heterocycles. The summed E-state index contributed by atoms with van der Waals surface area (Å²) in [6.45, 7) is 4.32. The van der Waals surface area contributed by atoms with Crippen molar-refractivity contribution in [3.8, 4) is 0 Å². The van der Waals surface area contributed by atoms with Gasteiger partial charge in [0.05, 0.1) is 28.5 Å². The number of benzene rings is 1. The Morgan fingerprint density at radius 1 is 1.35 bits per heavy atom. The van der Waals surface area contributed by atoms with E-state index in [1.54, 1.807) is 16.6 Å². The predicted octanol–water partition coefficient (Wildman–Crippen LogP) is 3.78. The Morgan fingerprint density at radius 3 is 2.54 bits per heavy atom. The van der Waals surface area contributed by atoms with E-state index in [0.29, 0.717) is 6.54 Å². The molecule has 2 aromatic rings. The predicted molar refractivity (Wildman–Crippen MR) is 94.1 cm³/mol. The maximum atomic E-state index is 12.8. The minimum absolute atomic E-state index is 0.000346. The second-order valence-electron chi connectivity index (χ2n) is 6.19. The average molecular weight is 389 g/mol. The van der Waals surface area contributed by atoms with Crippen molar-refractivity contribution in [3.05, 3.63) is 45.7 Å². The van der Waals surface area contributed by atoms with Crippen molar-refractivity contribution < 1.29 is 18.0 Å². The minimum Gasteiger partial charge on any atom is -0.324 e. The van der Waals surface area contributed by atoms with Gasteiger partial charge in [-0.25, -0.2) is 0 Å². The zero-order valence-electron chi connectivity index (χ0n) is 14.9. The number of aryl methyl sites for hydroxylation is 2. The van der Waals surface area contributed by atoms with Gasteiger partial charge in [0.25, 0.3) is 0 Å². The molecule has 0 spiro atoms. The lowest BCUT2D eigenvalue weighted by atomic mass is 10.2. The highest BCUT2D eigenvalue weighted by molar-refractivity contribution is 6.33. The molecule has 5 nitrogen and oxygen atoms in total. The van der Waals surface area contributed by atoms with Crippen molar-refractivity contribution >= 4 is 23.2 Å². The van der Waals surface area contributed by atoms with E-state index in [9.17, 15) is 18.0 Å². The number of likely N-dealkylation sites (N-methyl/N-ethyl adjacent to an activating group) is 1. The summed E-state index contributed by atoms with van der Waals surface area (Å²) in [5.74, 6) is -0.451. The third-order valence-corrected chi connectivity index (χ3v) is 4.40. The number of nitrogens with zero attached hydrogens (tertiary/aromatic N) is 3. The second-order valence-corrected chi connectivity index (χ2v) is 6.59. The fourth-order valence-electron chi connectivity index (χ4n) is 2.60. The number of hydrogen-bond donors (Lipinski definition) is 1. The largest absolute Gasteiger partial charge is 0.416 e. The van der Waals surface area contributed by atoms with Gasteiger partial charge in [-0.15, -0.1) is 0 Å². The van der Waals surface area contributed by atoms with Crippen LogP contribution in [0.5, 0.6) is 0 Å². The van der Waals surface area contributed by atoms with Gasteiger partial charge in [0, 0.05) is 24.8 Å². The van der Waals surface area contributed by atoms with Crippen LogP contribution in [0, 0.1) is 13.8 Å². The number of nitrogens with one attached hydrogen (secondary N) is 1. The number of alkyl halides is 3. The Bertz CT molecular complexity index is 817. The molecule has 0 bridgehead atoms. The van der Waals surface area contributed by atoms with Crippen LogP contribution in [0.15, 0.2) is 18.2 Å². The molecule has 0 radical (unpaired) electrons. The summed E-state index contributed by atoms with van der Waals surface area (Å²) in [5, 5.41) is 6.81. The first kappa shape index (κ1) is 20.3. The molecule has 0 unspecified atom stereocenters. The third kappa shape index (κ3) is 4.76. The first-order chi connectivity index (χ1) is 12.0. The summed E-state index contributed by atoms with van der Waals surface area (Å²) in [7, 11) is 3.59. The maximum absolute atomic E-state index is 12.8. The zero-order chi connectivity index (χ0) is 19.6.